The normalized spacial score (nSPS) is 11.5. The van der Waals surface area contributed by atoms with Gasteiger partial charge in [0.15, 0.2) is 0 Å². The molecule has 26 heavy (non-hydrogen) atoms. The highest BCUT2D eigenvalue weighted by Gasteiger charge is 2.41. The van der Waals surface area contributed by atoms with Crippen LogP contribution in [0.1, 0.15) is 19.4 Å². The van der Waals surface area contributed by atoms with Gasteiger partial charge in [0.05, 0.1) is 5.69 Å². The van der Waals surface area contributed by atoms with Gasteiger partial charge in [-0.05, 0) is 31.2 Å². The van der Waals surface area contributed by atoms with Gasteiger partial charge >= 0.3 is 15.1 Å². The molecule has 0 aliphatic carbocycles. The highest BCUT2D eigenvalue weighted by Crippen LogP contribution is 2.21. The molecule has 0 heterocycles. The van der Waals surface area contributed by atoms with Crippen LogP contribution in [0.4, 0.5) is 5.69 Å². The maximum atomic E-state index is 12.9. The van der Waals surface area contributed by atoms with E-state index in [4.69, 9.17) is 5.53 Å². The fourth-order valence-electron chi connectivity index (χ4n) is 2.31. The molecule has 0 aromatic heterocycles. The smallest absolute Gasteiger partial charge is 0.360 e. The number of para-hydroxylation sites is 1. The van der Waals surface area contributed by atoms with Crippen LogP contribution in [0.15, 0.2) is 60.7 Å². The quantitative estimate of drug-likeness (QED) is 0.273. The second-order valence-electron chi connectivity index (χ2n) is 5.41. The van der Waals surface area contributed by atoms with Crippen LogP contribution in [0.25, 0.3) is 5.53 Å². The molecule has 0 bridgehead atoms. The molecule has 2 aromatic carbocycles. The highest BCUT2D eigenvalue weighted by molar-refractivity contribution is 8.09. The fourth-order valence-corrected chi connectivity index (χ4v) is 3.83. The van der Waals surface area contributed by atoms with Crippen molar-refractivity contribution in [3.05, 3.63) is 71.8 Å². The van der Waals surface area contributed by atoms with Crippen molar-refractivity contribution in [1.29, 1.82) is 0 Å². The third-order valence-electron chi connectivity index (χ3n) is 3.46. The zero-order valence-corrected chi connectivity index (χ0v) is 15.1. The van der Waals surface area contributed by atoms with Gasteiger partial charge in [-0.3, -0.25) is 4.79 Å². The Kier molecular flexibility index (Phi) is 6.07. The molecule has 0 saturated carbocycles. The summed E-state index contributed by atoms with van der Waals surface area (Å²) in [6.45, 7) is 2.62. The van der Waals surface area contributed by atoms with Crippen LogP contribution in [-0.4, -0.2) is 30.1 Å². The van der Waals surface area contributed by atoms with Gasteiger partial charge in [-0.1, -0.05) is 48.2 Å². The summed E-state index contributed by atoms with van der Waals surface area (Å²) in [5.41, 5.74) is 10.1. The molecular formula is C19H17N3O3S. The van der Waals surface area contributed by atoms with E-state index in [2.05, 4.69) is 16.6 Å². The zero-order valence-electron chi connectivity index (χ0n) is 14.3. The molecule has 1 atom stereocenters. The Hall–Kier alpha value is -3.20. The monoisotopic (exact) mass is 367 g/mol. The molecule has 6 nitrogen and oxygen atoms in total. The number of ketones is 1. The van der Waals surface area contributed by atoms with E-state index in [1.165, 1.54) is 0 Å². The van der Waals surface area contributed by atoms with Crippen LogP contribution in [0, 0.1) is 11.8 Å². The van der Waals surface area contributed by atoms with E-state index in [9.17, 15) is 13.2 Å². The first-order valence-corrected chi connectivity index (χ1v) is 9.21. The summed E-state index contributed by atoms with van der Waals surface area (Å²) in [6, 6.07) is 16.5. The average Bonchev–Trinajstić information content (AvgIpc) is 2.61. The van der Waals surface area contributed by atoms with Gasteiger partial charge < -0.3 is 5.53 Å². The van der Waals surface area contributed by atoms with Crippen molar-refractivity contribution in [3.63, 3.8) is 0 Å². The maximum Gasteiger partial charge on any atom is 0.466 e. The van der Waals surface area contributed by atoms with Crippen LogP contribution in [-0.2, 0) is 14.8 Å². The average molecular weight is 367 g/mol. The molecule has 0 radical (unpaired) electrons. The van der Waals surface area contributed by atoms with E-state index >= 15 is 0 Å². The Morgan fingerprint density at radius 1 is 1.08 bits per heavy atom. The van der Waals surface area contributed by atoms with Crippen molar-refractivity contribution in [2.45, 2.75) is 19.9 Å². The molecule has 0 spiro atoms. The maximum absolute atomic E-state index is 12.9. The predicted molar refractivity (Wildman–Crippen MR) is 99.9 cm³/mol. The van der Waals surface area contributed by atoms with Gasteiger partial charge in [0, 0.05) is 12.5 Å². The number of benzene rings is 2. The second-order valence-corrected chi connectivity index (χ2v) is 7.14. The third-order valence-corrected chi connectivity index (χ3v) is 5.36. The van der Waals surface area contributed by atoms with E-state index in [1.807, 2.05) is 18.2 Å². The topological polar surface area (TPSA) is 90.8 Å². The molecule has 0 aliphatic heterocycles. The van der Waals surface area contributed by atoms with Crippen molar-refractivity contribution in [1.82, 2.24) is 0 Å². The van der Waals surface area contributed by atoms with Gasteiger partial charge in [-0.25, -0.2) is 4.31 Å². The zero-order chi connectivity index (χ0) is 19.2. The summed E-state index contributed by atoms with van der Waals surface area (Å²) in [4.78, 5) is 14.3. The lowest BCUT2D eigenvalue weighted by molar-refractivity contribution is -0.114. The highest BCUT2D eigenvalue weighted by atomic mass is 32.2. The molecule has 2 aromatic rings. The third kappa shape index (κ3) is 4.25. The first kappa shape index (κ1) is 19.1. The number of hydrogen-bond acceptors (Lipinski definition) is 3. The minimum atomic E-state index is -4.39. The summed E-state index contributed by atoms with van der Waals surface area (Å²) in [5.74, 6) is 4.92. The van der Waals surface area contributed by atoms with Crippen molar-refractivity contribution < 1.29 is 18.0 Å². The molecule has 2 rings (SSSR count). The molecule has 0 amide bonds. The van der Waals surface area contributed by atoms with Crippen molar-refractivity contribution in [2.75, 3.05) is 4.31 Å². The largest absolute Gasteiger partial charge is 0.466 e. The molecule has 0 aliphatic rings. The minimum Gasteiger partial charge on any atom is -0.360 e. The van der Waals surface area contributed by atoms with Gasteiger partial charge in [-0.15, -0.1) is 4.79 Å². The number of Topliss-reactive ketones (excluding diaryl/α,β-unsaturated/α-hetero) is 1. The Morgan fingerprint density at radius 3 is 2.12 bits per heavy atom. The number of rotatable bonds is 4. The Balaban J connectivity index is 2.54. The van der Waals surface area contributed by atoms with E-state index in [0.717, 1.165) is 16.8 Å². The molecule has 7 heteroatoms. The summed E-state index contributed by atoms with van der Waals surface area (Å²) in [7, 11) is -4.39. The summed E-state index contributed by atoms with van der Waals surface area (Å²) in [6.07, 6.45) is 0. The lowest BCUT2D eigenvalue weighted by Crippen LogP contribution is -2.44. The number of carbonyl (C=O) groups is 1. The summed E-state index contributed by atoms with van der Waals surface area (Å²) in [5, 5.41) is -0.935. The first-order chi connectivity index (χ1) is 12.4. The van der Waals surface area contributed by atoms with Gasteiger partial charge in [0.2, 0.25) is 0 Å². The number of sulfonamides is 1. The van der Waals surface area contributed by atoms with Crippen LogP contribution in [0.3, 0.4) is 0 Å². The van der Waals surface area contributed by atoms with Crippen LogP contribution < -0.4 is 4.31 Å². The Labute approximate surface area is 152 Å². The number of carbonyl (C=O) groups excluding carboxylic acids is 1. The fraction of sp³-hybridized carbons (Fsp3) is 0.158. The van der Waals surface area contributed by atoms with Crippen molar-refractivity contribution in [2.24, 2.45) is 0 Å². The molecule has 0 fully saturated rings. The SMILES string of the molecule is CC(=O)C(=[N+]=[N-])S(=O)(=O)N(c1ccccc1)C(C)C#Cc1ccccc1. The number of hydrogen-bond donors (Lipinski definition) is 0. The summed E-state index contributed by atoms with van der Waals surface area (Å²) >= 11 is 0. The number of nitrogens with zero attached hydrogens (tertiary/aromatic N) is 3. The van der Waals surface area contributed by atoms with Gasteiger partial charge in [0.1, 0.15) is 6.04 Å². The molecule has 1 unspecified atom stereocenters. The molecular weight excluding hydrogens is 350 g/mol. The molecule has 0 N–H and O–H groups in total. The second kappa shape index (κ2) is 8.26. The Bertz CT molecular complexity index is 1000. The number of anilines is 1. The minimum absolute atomic E-state index is 0.310. The molecule has 0 saturated heterocycles. The predicted octanol–water partition coefficient (Wildman–Crippen LogP) is 2.48. The van der Waals surface area contributed by atoms with E-state index in [0.29, 0.717) is 5.69 Å². The lowest BCUT2D eigenvalue weighted by atomic mass is 10.2. The van der Waals surface area contributed by atoms with Gasteiger partial charge in [-0.2, -0.15) is 8.42 Å². The first-order valence-electron chi connectivity index (χ1n) is 7.77. The van der Waals surface area contributed by atoms with E-state index < -0.39 is 26.9 Å². The van der Waals surface area contributed by atoms with Crippen LogP contribution >= 0.6 is 0 Å². The van der Waals surface area contributed by atoms with Crippen molar-refractivity contribution >= 4 is 26.5 Å². The van der Waals surface area contributed by atoms with Crippen LogP contribution in [0.2, 0.25) is 0 Å². The van der Waals surface area contributed by atoms with E-state index in [1.54, 1.807) is 49.4 Å². The standard InChI is InChI=1S/C19H17N3O3S/c1-15(13-14-17-9-5-3-6-10-17)22(18-11-7-4-8-12-18)26(24,25)19(21-20)16(2)23/h3-12,15H,1-2H3. The van der Waals surface area contributed by atoms with E-state index in [-0.39, 0.29) is 0 Å². The Morgan fingerprint density at radius 2 is 1.62 bits per heavy atom. The lowest BCUT2D eigenvalue weighted by Gasteiger charge is -2.24. The summed E-state index contributed by atoms with van der Waals surface area (Å²) < 4.78 is 26.8. The molecule has 132 valence electrons. The van der Waals surface area contributed by atoms with Crippen molar-refractivity contribution in [3.8, 4) is 11.8 Å². The van der Waals surface area contributed by atoms with Crippen LogP contribution in [0.5, 0.6) is 0 Å². The van der Waals surface area contributed by atoms with Gasteiger partial charge in [0.25, 0.3) is 5.78 Å².